The second-order valence-electron chi connectivity index (χ2n) is 5.36. The highest BCUT2D eigenvalue weighted by molar-refractivity contribution is 6.31. The highest BCUT2D eigenvalue weighted by Crippen LogP contribution is 2.42. The van der Waals surface area contributed by atoms with Gasteiger partial charge < -0.3 is 9.72 Å². The van der Waals surface area contributed by atoms with Crippen molar-refractivity contribution in [3.8, 4) is 0 Å². The van der Waals surface area contributed by atoms with Crippen LogP contribution in [0.15, 0.2) is 18.2 Å². The topological polar surface area (TPSA) is 25.0 Å². The molecule has 0 aliphatic carbocycles. The van der Waals surface area contributed by atoms with Gasteiger partial charge in [-0.15, -0.1) is 0 Å². The summed E-state index contributed by atoms with van der Waals surface area (Å²) in [5.41, 5.74) is 3.72. The van der Waals surface area contributed by atoms with Crippen molar-refractivity contribution in [3.63, 3.8) is 0 Å². The summed E-state index contributed by atoms with van der Waals surface area (Å²) in [6.07, 6.45) is 4.18. The Hall–Kier alpha value is -0.990. The lowest BCUT2D eigenvalue weighted by atomic mass is 9.85. The minimum absolute atomic E-state index is 0.131. The summed E-state index contributed by atoms with van der Waals surface area (Å²) in [6, 6.07) is 6.09. The number of hydrogen-bond donors (Lipinski definition) is 1. The van der Waals surface area contributed by atoms with Gasteiger partial charge in [0.15, 0.2) is 0 Å². The van der Waals surface area contributed by atoms with Gasteiger partial charge in [0, 0.05) is 15.9 Å². The fourth-order valence-electron chi connectivity index (χ4n) is 3.35. The highest BCUT2D eigenvalue weighted by Gasteiger charge is 2.37. The molecule has 1 atom stereocenters. The first-order chi connectivity index (χ1) is 9.20. The van der Waals surface area contributed by atoms with Crippen LogP contribution in [0.4, 0.5) is 0 Å². The van der Waals surface area contributed by atoms with Gasteiger partial charge in [-0.3, -0.25) is 0 Å². The highest BCUT2D eigenvalue weighted by atomic mass is 35.5. The summed E-state index contributed by atoms with van der Waals surface area (Å²) < 4.78 is 6.18. The number of H-pyrrole nitrogens is 1. The third-order valence-electron chi connectivity index (χ3n) is 4.28. The number of aromatic nitrogens is 1. The van der Waals surface area contributed by atoms with Gasteiger partial charge in [0.2, 0.25) is 0 Å². The minimum atomic E-state index is -0.131. The van der Waals surface area contributed by atoms with E-state index in [-0.39, 0.29) is 5.60 Å². The molecular formula is C16H20ClNO. The molecule has 102 valence electrons. The molecule has 0 fully saturated rings. The van der Waals surface area contributed by atoms with Crippen LogP contribution in [-0.4, -0.2) is 11.6 Å². The number of halogens is 1. The number of aromatic amines is 1. The number of nitrogens with one attached hydrogen (secondary N) is 1. The molecule has 1 aliphatic rings. The van der Waals surface area contributed by atoms with E-state index < -0.39 is 0 Å². The molecule has 2 heterocycles. The van der Waals surface area contributed by atoms with Crippen molar-refractivity contribution in [1.82, 2.24) is 4.98 Å². The fraction of sp³-hybridized carbons (Fsp3) is 0.500. The lowest BCUT2D eigenvalue weighted by molar-refractivity contribution is -0.0723. The van der Waals surface area contributed by atoms with Crippen LogP contribution < -0.4 is 0 Å². The molecule has 0 spiro atoms. The zero-order chi connectivity index (χ0) is 13.5. The molecular weight excluding hydrogens is 258 g/mol. The number of hydrogen-bond acceptors (Lipinski definition) is 1. The first kappa shape index (κ1) is 13.0. The molecule has 3 heteroatoms. The monoisotopic (exact) mass is 277 g/mol. The molecule has 0 saturated heterocycles. The van der Waals surface area contributed by atoms with Gasteiger partial charge in [-0.25, -0.2) is 0 Å². The number of benzene rings is 1. The van der Waals surface area contributed by atoms with Gasteiger partial charge in [0.05, 0.1) is 12.3 Å². The summed E-state index contributed by atoms with van der Waals surface area (Å²) in [5, 5.41) is 2.07. The lowest BCUT2D eigenvalue weighted by Crippen LogP contribution is -2.35. The predicted octanol–water partition coefficient (Wildman–Crippen LogP) is 4.80. The second-order valence-corrected chi connectivity index (χ2v) is 5.80. The van der Waals surface area contributed by atoms with Crippen molar-refractivity contribution < 1.29 is 4.74 Å². The van der Waals surface area contributed by atoms with Gasteiger partial charge in [-0.1, -0.05) is 31.9 Å². The van der Waals surface area contributed by atoms with Gasteiger partial charge in [0.25, 0.3) is 0 Å². The number of ether oxygens (including phenoxy) is 1. The van der Waals surface area contributed by atoms with Crippen molar-refractivity contribution in [2.75, 3.05) is 6.61 Å². The first-order valence-electron chi connectivity index (χ1n) is 7.14. The van der Waals surface area contributed by atoms with Gasteiger partial charge in [-0.2, -0.15) is 0 Å². The van der Waals surface area contributed by atoms with E-state index >= 15 is 0 Å². The zero-order valence-electron chi connectivity index (χ0n) is 11.6. The molecule has 3 rings (SSSR count). The molecule has 0 saturated carbocycles. The SMILES string of the molecule is CCCC1(CC)OCCc2c1[nH]c1ccc(Cl)cc21. The van der Waals surface area contributed by atoms with E-state index in [1.54, 1.807) is 0 Å². The normalized spacial score (nSPS) is 22.7. The molecule has 1 unspecified atom stereocenters. The van der Waals surface area contributed by atoms with Crippen LogP contribution in [0.5, 0.6) is 0 Å². The average molecular weight is 278 g/mol. The van der Waals surface area contributed by atoms with Crippen molar-refractivity contribution in [1.29, 1.82) is 0 Å². The molecule has 1 aromatic heterocycles. The molecule has 2 nitrogen and oxygen atoms in total. The standard InChI is InChI=1S/C16H20ClNO/c1-3-8-16(4-2)15-12(7-9-19-16)13-10-11(17)5-6-14(13)18-15/h5-6,10,18H,3-4,7-9H2,1-2H3. The van der Waals surface area contributed by atoms with Crippen LogP contribution in [0, 0.1) is 0 Å². The molecule has 1 aliphatic heterocycles. The molecule has 1 N–H and O–H groups in total. The zero-order valence-corrected chi connectivity index (χ0v) is 12.3. The minimum Gasteiger partial charge on any atom is -0.368 e. The van der Waals surface area contributed by atoms with E-state index in [1.807, 2.05) is 6.07 Å². The third-order valence-corrected chi connectivity index (χ3v) is 4.51. The first-order valence-corrected chi connectivity index (χ1v) is 7.52. The van der Waals surface area contributed by atoms with E-state index in [1.165, 1.54) is 22.2 Å². The van der Waals surface area contributed by atoms with Crippen molar-refractivity contribution in [2.24, 2.45) is 0 Å². The van der Waals surface area contributed by atoms with Crippen LogP contribution in [-0.2, 0) is 16.8 Å². The van der Waals surface area contributed by atoms with E-state index in [2.05, 4.69) is 31.0 Å². The number of fused-ring (bicyclic) bond motifs is 3. The Kier molecular flexibility index (Phi) is 3.32. The molecule has 19 heavy (non-hydrogen) atoms. The van der Waals surface area contributed by atoms with E-state index in [0.717, 1.165) is 37.3 Å². The van der Waals surface area contributed by atoms with Crippen LogP contribution >= 0.6 is 11.6 Å². The third kappa shape index (κ3) is 1.98. The molecule has 0 bridgehead atoms. The van der Waals surface area contributed by atoms with Gasteiger partial charge >= 0.3 is 0 Å². The smallest absolute Gasteiger partial charge is 0.108 e. The van der Waals surface area contributed by atoms with Crippen molar-refractivity contribution in [3.05, 3.63) is 34.5 Å². The Balaban J connectivity index is 2.22. The van der Waals surface area contributed by atoms with Crippen molar-refractivity contribution >= 4 is 22.5 Å². The lowest BCUT2D eigenvalue weighted by Gasteiger charge is -2.36. The fourth-order valence-corrected chi connectivity index (χ4v) is 3.52. The summed E-state index contributed by atoms with van der Waals surface area (Å²) in [5.74, 6) is 0. The predicted molar refractivity (Wildman–Crippen MR) is 79.8 cm³/mol. The van der Waals surface area contributed by atoms with Crippen LogP contribution in [0.2, 0.25) is 5.02 Å². The summed E-state index contributed by atoms with van der Waals surface area (Å²) in [4.78, 5) is 3.59. The van der Waals surface area contributed by atoms with Crippen molar-refractivity contribution in [2.45, 2.75) is 45.1 Å². The maximum Gasteiger partial charge on any atom is 0.108 e. The summed E-state index contributed by atoms with van der Waals surface area (Å²) >= 11 is 6.14. The van der Waals surface area contributed by atoms with Gasteiger partial charge in [0.1, 0.15) is 5.60 Å². The van der Waals surface area contributed by atoms with E-state index in [0.29, 0.717) is 0 Å². The molecule has 2 aromatic rings. The molecule has 0 amide bonds. The van der Waals surface area contributed by atoms with Crippen LogP contribution in [0.3, 0.4) is 0 Å². The average Bonchev–Trinajstić information content (AvgIpc) is 2.78. The van der Waals surface area contributed by atoms with E-state index in [4.69, 9.17) is 16.3 Å². The van der Waals surface area contributed by atoms with Crippen LogP contribution in [0.25, 0.3) is 10.9 Å². The quantitative estimate of drug-likeness (QED) is 0.856. The van der Waals surface area contributed by atoms with Gasteiger partial charge in [-0.05, 0) is 43.0 Å². The summed E-state index contributed by atoms with van der Waals surface area (Å²) in [6.45, 7) is 5.23. The Bertz CT molecular complexity index is 604. The Morgan fingerprint density at radius 2 is 2.21 bits per heavy atom. The maximum absolute atomic E-state index is 6.18. The Morgan fingerprint density at radius 1 is 1.37 bits per heavy atom. The Labute approximate surface area is 119 Å². The molecule has 1 aromatic carbocycles. The van der Waals surface area contributed by atoms with Crippen LogP contribution in [0.1, 0.15) is 44.4 Å². The maximum atomic E-state index is 6.18. The largest absolute Gasteiger partial charge is 0.368 e. The number of rotatable bonds is 3. The molecule has 0 radical (unpaired) electrons. The van der Waals surface area contributed by atoms with E-state index in [9.17, 15) is 0 Å². The Morgan fingerprint density at radius 3 is 2.95 bits per heavy atom. The summed E-state index contributed by atoms with van der Waals surface area (Å²) in [7, 11) is 0. The second kappa shape index (κ2) is 4.84.